The maximum atomic E-state index is 13.0. The van der Waals surface area contributed by atoms with Gasteiger partial charge in [0.1, 0.15) is 12.6 Å². The standard InChI is InChI=1S/C24H31N3O2/c1-4-16(3)22(24(29)26-20-12-10-17(5-2)11-13-20)27-23(28)21-14-18-8-6-7-9-19(18)15-25-21/h6-13,16,21-22,25H,4-5,14-15H2,1-3H3,(H,26,29)(H,27,28)/p+1/t16-,21+,22+/m1/s1. The molecular weight excluding hydrogens is 362 g/mol. The van der Waals surface area contributed by atoms with Gasteiger partial charge in [0.05, 0.1) is 0 Å². The summed E-state index contributed by atoms with van der Waals surface area (Å²) in [6.45, 7) is 6.93. The second kappa shape index (κ2) is 9.70. The Morgan fingerprint density at radius 2 is 1.76 bits per heavy atom. The third-order valence-electron chi connectivity index (χ3n) is 5.94. The summed E-state index contributed by atoms with van der Waals surface area (Å²) >= 11 is 0. The van der Waals surface area contributed by atoms with Gasteiger partial charge in [0.25, 0.3) is 5.91 Å². The van der Waals surface area contributed by atoms with Crippen LogP contribution >= 0.6 is 0 Å². The van der Waals surface area contributed by atoms with Gasteiger partial charge in [0.15, 0.2) is 6.04 Å². The molecule has 0 fully saturated rings. The average molecular weight is 395 g/mol. The lowest BCUT2D eigenvalue weighted by molar-refractivity contribution is -0.695. The fourth-order valence-electron chi connectivity index (χ4n) is 3.75. The van der Waals surface area contributed by atoms with E-state index in [4.69, 9.17) is 0 Å². The van der Waals surface area contributed by atoms with Crippen LogP contribution in [0.2, 0.25) is 0 Å². The van der Waals surface area contributed by atoms with Gasteiger partial charge in [-0.15, -0.1) is 0 Å². The minimum Gasteiger partial charge on any atom is -0.339 e. The number of nitrogens with one attached hydrogen (secondary N) is 2. The number of carbonyl (C=O) groups excluding carboxylic acids is 2. The van der Waals surface area contributed by atoms with Crippen molar-refractivity contribution in [1.82, 2.24) is 5.32 Å². The van der Waals surface area contributed by atoms with Crippen molar-refractivity contribution in [2.75, 3.05) is 5.32 Å². The molecule has 1 aliphatic heterocycles. The molecule has 29 heavy (non-hydrogen) atoms. The quantitative estimate of drug-likeness (QED) is 0.675. The molecule has 0 bridgehead atoms. The summed E-state index contributed by atoms with van der Waals surface area (Å²) in [7, 11) is 0. The van der Waals surface area contributed by atoms with Crippen molar-refractivity contribution < 1.29 is 14.9 Å². The topological polar surface area (TPSA) is 74.8 Å². The predicted molar refractivity (Wildman–Crippen MR) is 115 cm³/mol. The Morgan fingerprint density at radius 3 is 2.41 bits per heavy atom. The molecule has 0 spiro atoms. The van der Waals surface area contributed by atoms with E-state index >= 15 is 0 Å². The highest BCUT2D eigenvalue weighted by Gasteiger charge is 2.32. The Balaban J connectivity index is 1.66. The summed E-state index contributed by atoms with van der Waals surface area (Å²) in [6, 6.07) is 15.3. The zero-order valence-corrected chi connectivity index (χ0v) is 17.6. The number of aryl methyl sites for hydroxylation is 1. The highest BCUT2D eigenvalue weighted by molar-refractivity contribution is 5.97. The number of nitrogens with two attached hydrogens (primary N) is 1. The van der Waals surface area contributed by atoms with E-state index in [1.54, 1.807) is 0 Å². The molecule has 0 saturated carbocycles. The van der Waals surface area contributed by atoms with Crippen LogP contribution in [0.25, 0.3) is 0 Å². The monoisotopic (exact) mass is 394 g/mol. The number of rotatable bonds is 7. The molecule has 0 aromatic heterocycles. The summed E-state index contributed by atoms with van der Waals surface area (Å²) in [5.74, 6) is -0.181. The second-order valence-corrected chi connectivity index (χ2v) is 7.93. The molecule has 2 amide bonds. The van der Waals surface area contributed by atoms with Crippen molar-refractivity contribution >= 4 is 17.5 Å². The highest BCUT2D eigenvalue weighted by Crippen LogP contribution is 2.16. The Labute approximate surface area is 173 Å². The summed E-state index contributed by atoms with van der Waals surface area (Å²) in [4.78, 5) is 25.9. The first-order valence-corrected chi connectivity index (χ1v) is 10.6. The van der Waals surface area contributed by atoms with E-state index in [1.165, 1.54) is 16.7 Å². The average Bonchev–Trinajstić information content (AvgIpc) is 2.76. The molecule has 154 valence electrons. The largest absolute Gasteiger partial charge is 0.339 e. The van der Waals surface area contributed by atoms with Gasteiger partial charge in [0.2, 0.25) is 5.91 Å². The molecule has 0 radical (unpaired) electrons. The lowest BCUT2D eigenvalue weighted by atomic mass is 9.94. The van der Waals surface area contributed by atoms with E-state index < -0.39 is 6.04 Å². The molecule has 2 aromatic rings. The van der Waals surface area contributed by atoms with Gasteiger partial charge in [-0.3, -0.25) is 9.59 Å². The van der Waals surface area contributed by atoms with Crippen LogP contribution < -0.4 is 16.0 Å². The first-order valence-electron chi connectivity index (χ1n) is 10.6. The number of fused-ring (bicyclic) bond motifs is 1. The van der Waals surface area contributed by atoms with Crippen LogP contribution in [0.5, 0.6) is 0 Å². The molecule has 3 rings (SSSR count). The molecule has 1 heterocycles. The van der Waals surface area contributed by atoms with Crippen molar-refractivity contribution in [3.8, 4) is 0 Å². The minimum absolute atomic E-state index is 0.0461. The molecule has 5 heteroatoms. The van der Waals surface area contributed by atoms with Crippen LogP contribution in [-0.4, -0.2) is 23.9 Å². The van der Waals surface area contributed by atoms with E-state index in [0.29, 0.717) is 6.42 Å². The molecule has 2 aromatic carbocycles. The number of anilines is 1. The Bertz CT molecular complexity index is 847. The molecule has 0 unspecified atom stereocenters. The maximum Gasteiger partial charge on any atom is 0.279 e. The molecule has 4 N–H and O–H groups in total. The zero-order valence-electron chi connectivity index (χ0n) is 17.6. The molecule has 1 aliphatic rings. The highest BCUT2D eigenvalue weighted by atomic mass is 16.2. The summed E-state index contributed by atoms with van der Waals surface area (Å²) in [5, 5.41) is 8.06. The third kappa shape index (κ3) is 5.24. The van der Waals surface area contributed by atoms with Crippen molar-refractivity contribution in [2.24, 2.45) is 5.92 Å². The first kappa shape index (κ1) is 21.1. The lowest BCUT2D eigenvalue weighted by Gasteiger charge is -2.27. The Hall–Kier alpha value is -2.66. The van der Waals surface area contributed by atoms with Gasteiger partial charge < -0.3 is 16.0 Å². The fraction of sp³-hybridized carbons (Fsp3) is 0.417. The van der Waals surface area contributed by atoms with Gasteiger partial charge in [-0.25, -0.2) is 0 Å². The molecule has 0 saturated heterocycles. The fourth-order valence-corrected chi connectivity index (χ4v) is 3.75. The van der Waals surface area contributed by atoms with Crippen molar-refractivity contribution in [2.45, 2.75) is 58.7 Å². The van der Waals surface area contributed by atoms with Crippen molar-refractivity contribution in [3.63, 3.8) is 0 Å². The van der Waals surface area contributed by atoms with Crippen LogP contribution in [0.3, 0.4) is 0 Å². The number of carbonyl (C=O) groups is 2. The molecule has 3 atom stereocenters. The molecular formula is C24H32N3O2+. The normalized spacial score (nSPS) is 17.7. The van der Waals surface area contributed by atoms with Crippen molar-refractivity contribution in [3.05, 3.63) is 65.2 Å². The van der Waals surface area contributed by atoms with E-state index in [-0.39, 0.29) is 23.8 Å². The van der Waals surface area contributed by atoms with Crippen LogP contribution in [0, 0.1) is 5.92 Å². The second-order valence-electron chi connectivity index (χ2n) is 7.93. The van der Waals surface area contributed by atoms with Gasteiger partial charge >= 0.3 is 0 Å². The summed E-state index contributed by atoms with van der Waals surface area (Å²) in [6.07, 6.45) is 2.46. The van der Waals surface area contributed by atoms with Gasteiger partial charge in [-0.05, 0) is 35.6 Å². The third-order valence-corrected chi connectivity index (χ3v) is 5.94. The van der Waals surface area contributed by atoms with E-state index in [9.17, 15) is 9.59 Å². The first-order chi connectivity index (χ1) is 14.0. The smallest absolute Gasteiger partial charge is 0.279 e. The van der Waals surface area contributed by atoms with Crippen LogP contribution in [0.1, 0.15) is 43.9 Å². The SMILES string of the molecule is CCc1ccc(NC(=O)[C@@H](NC(=O)[C@@H]2Cc3ccccc3C[NH2+]2)[C@H](C)CC)cc1. The van der Waals surface area contributed by atoms with Gasteiger partial charge in [-0.2, -0.15) is 0 Å². The summed E-state index contributed by atoms with van der Waals surface area (Å²) in [5.41, 5.74) is 4.48. The van der Waals surface area contributed by atoms with Crippen LogP contribution in [0.4, 0.5) is 5.69 Å². The number of amides is 2. The summed E-state index contributed by atoms with van der Waals surface area (Å²) < 4.78 is 0. The Morgan fingerprint density at radius 1 is 1.07 bits per heavy atom. The lowest BCUT2D eigenvalue weighted by Crippen LogP contribution is -2.93. The number of quaternary nitrogens is 1. The maximum absolute atomic E-state index is 13.0. The number of hydrogen-bond acceptors (Lipinski definition) is 2. The molecule has 0 aliphatic carbocycles. The van der Waals surface area contributed by atoms with E-state index in [0.717, 1.165) is 25.1 Å². The van der Waals surface area contributed by atoms with Gasteiger partial charge in [-0.1, -0.05) is 63.6 Å². The number of hydrogen-bond donors (Lipinski definition) is 3. The molecule has 5 nitrogen and oxygen atoms in total. The Kier molecular flexibility index (Phi) is 7.04. The minimum atomic E-state index is -0.552. The van der Waals surface area contributed by atoms with Crippen LogP contribution in [-0.2, 0) is 29.0 Å². The van der Waals surface area contributed by atoms with Gasteiger partial charge in [0, 0.05) is 17.7 Å². The van der Waals surface area contributed by atoms with E-state index in [2.05, 4.69) is 35.0 Å². The predicted octanol–water partition coefficient (Wildman–Crippen LogP) is 2.41. The van der Waals surface area contributed by atoms with Crippen molar-refractivity contribution in [1.29, 1.82) is 0 Å². The zero-order chi connectivity index (χ0) is 20.8. The number of benzene rings is 2. The van der Waals surface area contributed by atoms with Crippen LogP contribution in [0.15, 0.2) is 48.5 Å². The van der Waals surface area contributed by atoms with E-state index in [1.807, 2.05) is 50.2 Å².